The maximum atomic E-state index is 13.2. The molecule has 3 aliphatic heterocycles. The number of amides is 1. The van der Waals surface area contributed by atoms with E-state index < -0.39 is 5.97 Å². The lowest BCUT2D eigenvalue weighted by Crippen LogP contribution is -2.73. The number of likely N-dealkylation sites (tertiary alicyclic amines) is 1. The number of hydrogen-bond acceptors (Lipinski definition) is 9. The predicted molar refractivity (Wildman–Crippen MR) is 162 cm³/mol. The minimum absolute atomic E-state index is 0.331. The van der Waals surface area contributed by atoms with Crippen LogP contribution >= 0.6 is 45.9 Å². The van der Waals surface area contributed by atoms with E-state index in [0.717, 1.165) is 41.8 Å². The van der Waals surface area contributed by atoms with Gasteiger partial charge in [0.15, 0.2) is 5.13 Å². The number of pyridine rings is 1. The van der Waals surface area contributed by atoms with E-state index in [-0.39, 0.29) is 11.8 Å². The van der Waals surface area contributed by atoms with Crippen LogP contribution in [-0.4, -0.2) is 77.2 Å². The topological polar surface area (TPSA) is 102 Å². The van der Waals surface area contributed by atoms with E-state index >= 15 is 0 Å². The average molecular weight is 622 g/mol. The number of piperidine rings is 1. The third-order valence-corrected chi connectivity index (χ3v) is 10.6. The Balaban J connectivity index is 1.16. The first kappa shape index (κ1) is 27.7. The van der Waals surface area contributed by atoms with Gasteiger partial charge >= 0.3 is 5.97 Å². The van der Waals surface area contributed by atoms with E-state index in [1.54, 1.807) is 6.07 Å². The molecule has 0 unspecified atom stereocenters. The standard InChI is InChI=1S/C27H30Cl2N6O3S2/c1-15(2)34-11-27(12-34)13-35(14-27)24-21(20-8-18(28)10-39-20)31-26(40-24)32-23(36)17-7-19(29)22(30-9-17)33-5-3-16(4-6-33)25(37)38/h7-10,15-16H,3-6,11-14H2,1-2H3,(H,37,38)(H,31,32,36). The molecule has 6 heterocycles. The van der Waals surface area contributed by atoms with E-state index in [1.165, 1.54) is 28.9 Å². The number of halogens is 2. The average Bonchev–Trinajstić information content (AvgIpc) is 3.48. The fourth-order valence-corrected chi connectivity index (χ4v) is 8.15. The molecule has 40 heavy (non-hydrogen) atoms. The Hall–Kier alpha value is -2.44. The Labute approximate surface area is 250 Å². The van der Waals surface area contributed by atoms with Crippen LogP contribution in [0.15, 0.2) is 23.7 Å². The van der Waals surface area contributed by atoms with Crippen molar-refractivity contribution in [2.24, 2.45) is 11.3 Å². The number of aromatic nitrogens is 2. The van der Waals surface area contributed by atoms with Gasteiger partial charge in [0, 0.05) is 62.3 Å². The first-order chi connectivity index (χ1) is 19.1. The Morgan fingerprint density at radius 3 is 2.45 bits per heavy atom. The summed E-state index contributed by atoms with van der Waals surface area (Å²) < 4.78 is 0. The monoisotopic (exact) mass is 620 g/mol. The van der Waals surface area contributed by atoms with Crippen LogP contribution in [0.5, 0.6) is 0 Å². The number of aliphatic carboxylic acids is 1. The Morgan fingerprint density at radius 1 is 1.12 bits per heavy atom. The molecule has 0 radical (unpaired) electrons. The normalized spacial score (nSPS) is 19.1. The summed E-state index contributed by atoms with van der Waals surface area (Å²) >= 11 is 15.8. The summed E-state index contributed by atoms with van der Waals surface area (Å²) in [5.74, 6) is -0.887. The zero-order valence-electron chi connectivity index (χ0n) is 22.2. The predicted octanol–water partition coefficient (Wildman–Crippen LogP) is 5.66. The summed E-state index contributed by atoms with van der Waals surface area (Å²) in [7, 11) is 0. The highest BCUT2D eigenvalue weighted by atomic mass is 35.5. The molecule has 3 aromatic heterocycles. The second-order valence-corrected chi connectivity index (χ2v) is 14.0. The molecule has 3 saturated heterocycles. The van der Waals surface area contributed by atoms with Crippen molar-refractivity contribution in [3.05, 3.63) is 39.3 Å². The lowest BCUT2D eigenvalue weighted by molar-refractivity contribution is -0.142. The number of thiophene rings is 1. The van der Waals surface area contributed by atoms with Gasteiger partial charge in [-0.05, 0) is 38.8 Å². The molecule has 0 atom stereocenters. The van der Waals surface area contributed by atoms with Gasteiger partial charge in [-0.25, -0.2) is 9.97 Å². The SMILES string of the molecule is CC(C)N1CC2(CN(c3sc(NC(=O)c4cnc(N5CCC(C(=O)O)CC5)c(Cl)c4)nc3-c3cc(Cl)cs3)C2)C1. The number of anilines is 3. The smallest absolute Gasteiger partial charge is 0.306 e. The van der Waals surface area contributed by atoms with Crippen LogP contribution in [0.1, 0.15) is 37.0 Å². The molecule has 1 spiro atoms. The Bertz CT molecular complexity index is 1440. The minimum atomic E-state index is -0.768. The third-order valence-electron chi connectivity index (χ3n) is 8.01. The Kier molecular flexibility index (Phi) is 7.45. The quantitative estimate of drug-likeness (QED) is 0.349. The van der Waals surface area contributed by atoms with E-state index in [9.17, 15) is 14.7 Å². The summed E-state index contributed by atoms with van der Waals surface area (Å²) in [6, 6.07) is 4.08. The maximum Gasteiger partial charge on any atom is 0.306 e. The van der Waals surface area contributed by atoms with Crippen molar-refractivity contribution in [1.29, 1.82) is 0 Å². The molecular weight excluding hydrogens is 591 g/mol. The molecule has 0 aromatic carbocycles. The van der Waals surface area contributed by atoms with Crippen molar-refractivity contribution in [3.8, 4) is 10.6 Å². The van der Waals surface area contributed by atoms with Crippen LogP contribution in [-0.2, 0) is 4.79 Å². The van der Waals surface area contributed by atoms with Gasteiger partial charge in [0.1, 0.15) is 16.5 Å². The van der Waals surface area contributed by atoms with E-state index in [1.807, 2.05) is 16.3 Å². The highest BCUT2D eigenvalue weighted by Crippen LogP contribution is 2.49. The fourth-order valence-electron chi connectivity index (χ4n) is 5.76. The Morgan fingerprint density at radius 2 is 1.85 bits per heavy atom. The van der Waals surface area contributed by atoms with Gasteiger partial charge in [0.2, 0.25) is 0 Å². The van der Waals surface area contributed by atoms with Crippen LogP contribution in [0, 0.1) is 11.3 Å². The van der Waals surface area contributed by atoms with Crippen LogP contribution in [0.4, 0.5) is 16.0 Å². The maximum absolute atomic E-state index is 13.2. The summed E-state index contributed by atoms with van der Waals surface area (Å²) in [5, 5.41) is 16.7. The molecule has 13 heteroatoms. The van der Waals surface area contributed by atoms with E-state index in [2.05, 4.69) is 33.9 Å². The van der Waals surface area contributed by atoms with E-state index in [4.69, 9.17) is 28.2 Å². The lowest BCUT2D eigenvalue weighted by Gasteiger charge is -2.61. The summed E-state index contributed by atoms with van der Waals surface area (Å²) in [6.45, 7) is 9.77. The molecular formula is C27H30Cl2N6O3S2. The molecule has 2 N–H and O–H groups in total. The molecule has 212 valence electrons. The number of carbonyl (C=O) groups is 2. The van der Waals surface area contributed by atoms with Crippen LogP contribution in [0.25, 0.3) is 10.6 Å². The number of carboxylic acids is 1. The van der Waals surface area contributed by atoms with Crippen molar-refractivity contribution in [3.63, 3.8) is 0 Å². The van der Waals surface area contributed by atoms with Crippen LogP contribution < -0.4 is 15.1 Å². The number of nitrogens with zero attached hydrogens (tertiary/aromatic N) is 5. The number of nitrogens with one attached hydrogen (secondary N) is 1. The number of carbonyl (C=O) groups excluding carboxylic acids is 1. The van der Waals surface area contributed by atoms with E-state index in [0.29, 0.717) is 63.9 Å². The summed E-state index contributed by atoms with van der Waals surface area (Å²) in [4.78, 5) is 41.5. The van der Waals surface area contributed by atoms with Gasteiger partial charge in [0.05, 0.1) is 26.4 Å². The molecule has 0 aliphatic carbocycles. The molecule has 3 fully saturated rings. The lowest BCUT2D eigenvalue weighted by atomic mass is 9.72. The zero-order chi connectivity index (χ0) is 28.2. The van der Waals surface area contributed by atoms with Crippen molar-refractivity contribution < 1.29 is 14.7 Å². The van der Waals surface area contributed by atoms with Crippen molar-refractivity contribution in [2.75, 3.05) is 54.4 Å². The molecule has 3 aliphatic rings. The highest BCUT2D eigenvalue weighted by molar-refractivity contribution is 7.21. The highest BCUT2D eigenvalue weighted by Gasteiger charge is 2.53. The number of thiazole rings is 1. The molecule has 3 aromatic rings. The minimum Gasteiger partial charge on any atom is -0.481 e. The van der Waals surface area contributed by atoms with Crippen molar-refractivity contribution in [2.45, 2.75) is 32.7 Å². The van der Waals surface area contributed by atoms with Crippen molar-refractivity contribution >= 4 is 73.7 Å². The van der Waals surface area contributed by atoms with Crippen LogP contribution in [0.2, 0.25) is 10.0 Å². The largest absolute Gasteiger partial charge is 0.481 e. The van der Waals surface area contributed by atoms with Gasteiger partial charge in [-0.2, -0.15) is 0 Å². The summed E-state index contributed by atoms with van der Waals surface area (Å²) in [6.07, 6.45) is 2.58. The first-order valence-electron chi connectivity index (χ1n) is 13.3. The van der Waals surface area contributed by atoms with Gasteiger partial charge in [-0.3, -0.25) is 19.8 Å². The van der Waals surface area contributed by atoms with Gasteiger partial charge in [-0.1, -0.05) is 34.5 Å². The molecule has 6 rings (SSSR count). The second-order valence-electron chi connectivity index (χ2n) is 11.2. The fraction of sp³-hybridized carbons (Fsp3) is 0.481. The zero-order valence-corrected chi connectivity index (χ0v) is 25.3. The van der Waals surface area contributed by atoms with Gasteiger partial charge < -0.3 is 14.9 Å². The third kappa shape index (κ3) is 5.30. The molecule has 1 amide bonds. The number of hydrogen-bond donors (Lipinski definition) is 2. The van der Waals surface area contributed by atoms with Crippen LogP contribution in [0.3, 0.4) is 0 Å². The number of rotatable bonds is 7. The molecule has 9 nitrogen and oxygen atoms in total. The second kappa shape index (κ2) is 10.8. The van der Waals surface area contributed by atoms with Gasteiger partial charge in [-0.15, -0.1) is 11.3 Å². The van der Waals surface area contributed by atoms with Crippen molar-refractivity contribution in [1.82, 2.24) is 14.9 Å². The number of carboxylic acid groups (broad SMARTS) is 1. The first-order valence-corrected chi connectivity index (χ1v) is 15.7. The van der Waals surface area contributed by atoms with Gasteiger partial charge in [0.25, 0.3) is 5.91 Å². The summed E-state index contributed by atoms with van der Waals surface area (Å²) in [5.41, 5.74) is 1.51. The molecule has 0 bridgehead atoms. The molecule has 0 saturated carbocycles.